The largest absolute Gasteiger partial charge is 0.502 e. The second-order valence-corrected chi connectivity index (χ2v) is 7.08. The van der Waals surface area contributed by atoms with Gasteiger partial charge < -0.3 is 9.47 Å². The molecule has 23 heavy (non-hydrogen) atoms. The first-order valence-electron chi connectivity index (χ1n) is 9.99. The molecule has 0 aromatic carbocycles. The minimum Gasteiger partial charge on any atom is -0.502 e. The van der Waals surface area contributed by atoms with Gasteiger partial charge in [-0.3, -0.25) is 0 Å². The summed E-state index contributed by atoms with van der Waals surface area (Å²) in [6.07, 6.45) is 16.7. The van der Waals surface area contributed by atoms with Crippen molar-refractivity contribution in [2.75, 3.05) is 13.2 Å². The van der Waals surface area contributed by atoms with Gasteiger partial charge in [0.15, 0.2) is 0 Å². The van der Waals surface area contributed by atoms with Crippen LogP contribution in [0.25, 0.3) is 0 Å². The van der Waals surface area contributed by atoms with Crippen LogP contribution in [0.1, 0.15) is 98.8 Å². The van der Waals surface area contributed by atoms with Gasteiger partial charge in [0, 0.05) is 6.61 Å². The normalized spacial score (nSPS) is 13.6. The van der Waals surface area contributed by atoms with E-state index in [1.807, 2.05) is 6.26 Å². The second kappa shape index (κ2) is 15.1. The molecule has 0 fully saturated rings. The van der Waals surface area contributed by atoms with Crippen LogP contribution in [0.2, 0.25) is 0 Å². The van der Waals surface area contributed by atoms with Gasteiger partial charge in [0.2, 0.25) is 0 Å². The summed E-state index contributed by atoms with van der Waals surface area (Å²) in [5.74, 6) is 0.632. The van der Waals surface area contributed by atoms with Crippen LogP contribution < -0.4 is 0 Å². The van der Waals surface area contributed by atoms with Crippen molar-refractivity contribution in [3.8, 4) is 0 Å². The minimum absolute atomic E-state index is 0.0164. The van der Waals surface area contributed by atoms with Crippen molar-refractivity contribution in [2.45, 2.75) is 104 Å². The zero-order valence-electron chi connectivity index (χ0n) is 16.5. The predicted octanol–water partition coefficient (Wildman–Crippen LogP) is 6.89. The molecule has 0 heterocycles. The Morgan fingerprint density at radius 3 is 2.17 bits per heavy atom. The molecule has 138 valence electrons. The van der Waals surface area contributed by atoms with E-state index < -0.39 is 0 Å². The SMILES string of the molecule is CCC=COCCCC(CCCCCCCC)C(C)(C)OCC. The maximum absolute atomic E-state index is 6.03. The molecule has 0 saturated carbocycles. The standard InChI is InChI=1S/C21H42O2/c1-6-9-11-12-13-14-16-20(21(4,5)23-8-3)17-15-19-22-18-10-7-2/h10,18,20H,6-9,11-17,19H2,1-5H3. The first kappa shape index (κ1) is 22.5. The van der Waals surface area contributed by atoms with Crippen LogP contribution in [0.15, 0.2) is 12.3 Å². The van der Waals surface area contributed by atoms with Crippen molar-refractivity contribution in [2.24, 2.45) is 5.92 Å². The van der Waals surface area contributed by atoms with Crippen molar-refractivity contribution in [3.05, 3.63) is 12.3 Å². The van der Waals surface area contributed by atoms with E-state index in [0.29, 0.717) is 5.92 Å². The highest BCUT2D eigenvalue weighted by molar-refractivity contribution is 4.80. The molecule has 0 amide bonds. The summed E-state index contributed by atoms with van der Waals surface area (Å²) in [6.45, 7) is 12.6. The Hall–Kier alpha value is -0.500. The van der Waals surface area contributed by atoms with Gasteiger partial charge in [0.1, 0.15) is 0 Å². The molecule has 0 radical (unpaired) electrons. The fourth-order valence-electron chi connectivity index (χ4n) is 3.15. The molecule has 1 unspecified atom stereocenters. The highest BCUT2D eigenvalue weighted by atomic mass is 16.5. The molecule has 0 spiro atoms. The van der Waals surface area contributed by atoms with E-state index in [-0.39, 0.29) is 5.60 Å². The molecule has 0 aliphatic rings. The highest BCUT2D eigenvalue weighted by Crippen LogP contribution is 2.30. The summed E-state index contributed by atoms with van der Waals surface area (Å²) < 4.78 is 11.6. The molecule has 2 nitrogen and oxygen atoms in total. The molecule has 2 heteroatoms. The number of rotatable bonds is 16. The fourth-order valence-corrected chi connectivity index (χ4v) is 3.15. The maximum atomic E-state index is 6.03. The van der Waals surface area contributed by atoms with E-state index in [1.54, 1.807) is 0 Å². The quantitative estimate of drug-likeness (QED) is 0.227. The van der Waals surface area contributed by atoms with Crippen LogP contribution in [0.5, 0.6) is 0 Å². The third-order valence-corrected chi connectivity index (χ3v) is 4.65. The number of allylic oxidation sites excluding steroid dienone is 1. The molecule has 0 aliphatic carbocycles. The van der Waals surface area contributed by atoms with E-state index >= 15 is 0 Å². The Bertz CT molecular complexity index is 271. The Labute approximate surface area is 146 Å². The topological polar surface area (TPSA) is 18.5 Å². The summed E-state index contributed by atoms with van der Waals surface area (Å²) in [7, 11) is 0. The summed E-state index contributed by atoms with van der Waals surface area (Å²) in [6, 6.07) is 0. The lowest BCUT2D eigenvalue weighted by Gasteiger charge is -2.34. The third kappa shape index (κ3) is 12.6. The van der Waals surface area contributed by atoms with Crippen LogP contribution in [-0.2, 0) is 9.47 Å². The van der Waals surface area contributed by atoms with E-state index in [2.05, 4.69) is 40.7 Å². The van der Waals surface area contributed by atoms with E-state index in [1.165, 1.54) is 51.4 Å². The Morgan fingerprint density at radius 1 is 0.870 bits per heavy atom. The first-order chi connectivity index (χ1) is 11.1. The molecule has 0 aromatic rings. The van der Waals surface area contributed by atoms with Gasteiger partial charge in [-0.25, -0.2) is 0 Å². The lowest BCUT2D eigenvalue weighted by Crippen LogP contribution is -2.34. The summed E-state index contributed by atoms with van der Waals surface area (Å²) >= 11 is 0. The fraction of sp³-hybridized carbons (Fsp3) is 0.905. The van der Waals surface area contributed by atoms with Gasteiger partial charge >= 0.3 is 0 Å². The zero-order chi connectivity index (χ0) is 17.4. The van der Waals surface area contributed by atoms with Gasteiger partial charge in [-0.2, -0.15) is 0 Å². The average Bonchev–Trinajstić information content (AvgIpc) is 2.51. The number of hydrogen-bond acceptors (Lipinski definition) is 2. The molecule has 0 aliphatic heterocycles. The summed E-state index contributed by atoms with van der Waals surface area (Å²) in [5.41, 5.74) is -0.0164. The summed E-state index contributed by atoms with van der Waals surface area (Å²) in [4.78, 5) is 0. The Kier molecular flexibility index (Phi) is 14.7. The first-order valence-corrected chi connectivity index (χ1v) is 9.99. The molecule has 0 aromatic heterocycles. The molecule has 0 bridgehead atoms. The number of hydrogen-bond donors (Lipinski definition) is 0. The van der Waals surface area contributed by atoms with Gasteiger partial charge in [0.25, 0.3) is 0 Å². The van der Waals surface area contributed by atoms with Crippen LogP contribution in [0.4, 0.5) is 0 Å². The van der Waals surface area contributed by atoms with Crippen molar-refractivity contribution >= 4 is 0 Å². The minimum atomic E-state index is -0.0164. The van der Waals surface area contributed by atoms with Crippen LogP contribution in [0, 0.1) is 5.92 Å². The molecule has 0 N–H and O–H groups in total. The van der Waals surface area contributed by atoms with Gasteiger partial charge in [0.05, 0.1) is 18.5 Å². The van der Waals surface area contributed by atoms with Crippen molar-refractivity contribution < 1.29 is 9.47 Å². The van der Waals surface area contributed by atoms with Crippen LogP contribution in [0.3, 0.4) is 0 Å². The average molecular weight is 327 g/mol. The predicted molar refractivity (Wildman–Crippen MR) is 102 cm³/mol. The van der Waals surface area contributed by atoms with Crippen LogP contribution >= 0.6 is 0 Å². The Morgan fingerprint density at radius 2 is 1.52 bits per heavy atom. The van der Waals surface area contributed by atoms with E-state index in [0.717, 1.165) is 26.1 Å². The maximum Gasteiger partial charge on any atom is 0.0873 e. The lowest BCUT2D eigenvalue weighted by molar-refractivity contribution is -0.0612. The zero-order valence-corrected chi connectivity index (χ0v) is 16.5. The van der Waals surface area contributed by atoms with Gasteiger partial charge in [-0.1, -0.05) is 58.4 Å². The smallest absolute Gasteiger partial charge is 0.0873 e. The number of unbranched alkanes of at least 4 members (excludes halogenated alkanes) is 5. The molecule has 1 atom stereocenters. The van der Waals surface area contributed by atoms with E-state index in [9.17, 15) is 0 Å². The van der Waals surface area contributed by atoms with Gasteiger partial charge in [-0.15, -0.1) is 0 Å². The highest BCUT2D eigenvalue weighted by Gasteiger charge is 2.29. The molecular weight excluding hydrogens is 284 g/mol. The molecule has 0 rings (SSSR count). The van der Waals surface area contributed by atoms with Crippen molar-refractivity contribution in [1.82, 2.24) is 0 Å². The lowest BCUT2D eigenvalue weighted by atomic mass is 9.82. The third-order valence-electron chi connectivity index (χ3n) is 4.65. The van der Waals surface area contributed by atoms with Gasteiger partial charge in [-0.05, 0) is 52.4 Å². The van der Waals surface area contributed by atoms with E-state index in [4.69, 9.17) is 9.47 Å². The number of ether oxygens (including phenoxy) is 2. The molecule has 0 saturated heterocycles. The molecular formula is C21H42O2. The van der Waals surface area contributed by atoms with Crippen molar-refractivity contribution in [1.29, 1.82) is 0 Å². The van der Waals surface area contributed by atoms with Crippen LogP contribution in [-0.4, -0.2) is 18.8 Å². The van der Waals surface area contributed by atoms with Crippen molar-refractivity contribution in [3.63, 3.8) is 0 Å². The Balaban J connectivity index is 4.11. The second-order valence-electron chi connectivity index (χ2n) is 7.08. The monoisotopic (exact) mass is 326 g/mol. The summed E-state index contributed by atoms with van der Waals surface area (Å²) in [5, 5.41) is 0.